The molecule has 0 unspecified atom stereocenters. The summed E-state index contributed by atoms with van der Waals surface area (Å²) in [7, 11) is 0. The molecule has 0 aliphatic heterocycles. The van der Waals surface area contributed by atoms with Gasteiger partial charge in [0.2, 0.25) is 0 Å². The zero-order valence-electron chi connectivity index (χ0n) is 10.9. The lowest BCUT2D eigenvalue weighted by Crippen LogP contribution is -2.07. The van der Waals surface area contributed by atoms with E-state index >= 15 is 0 Å². The van der Waals surface area contributed by atoms with Crippen LogP contribution in [0.5, 0.6) is 0 Å². The molecular weight excluding hydrogens is 260 g/mol. The van der Waals surface area contributed by atoms with E-state index in [0.29, 0.717) is 0 Å². The lowest BCUT2D eigenvalue weighted by Gasteiger charge is -2.16. The molecule has 1 aromatic heterocycles. The van der Waals surface area contributed by atoms with Gasteiger partial charge in [-0.25, -0.2) is 4.98 Å². The molecule has 0 aliphatic carbocycles. The molecule has 2 nitrogen and oxygen atoms in total. The first-order valence-electron chi connectivity index (χ1n) is 5.88. The Morgan fingerprint density at radius 1 is 1.33 bits per heavy atom. The minimum Gasteiger partial charge on any atom is -0.399 e. The van der Waals surface area contributed by atoms with Gasteiger partial charge in [0.15, 0.2) is 0 Å². The number of nitrogens with two attached hydrogens (primary N) is 1. The number of thiazole rings is 1. The minimum absolute atomic E-state index is 0.281. The van der Waals surface area contributed by atoms with Crippen molar-refractivity contribution in [1.82, 2.24) is 4.98 Å². The molecule has 0 atom stereocenters. The number of nitrogen functional groups attached to an aromatic ring is 1. The first kappa shape index (κ1) is 13.4. The normalized spacial score (nSPS) is 11.7. The molecule has 96 valence electrons. The molecule has 1 aromatic carbocycles. The van der Waals surface area contributed by atoms with Gasteiger partial charge in [0.1, 0.15) is 5.01 Å². The van der Waals surface area contributed by atoms with Gasteiger partial charge < -0.3 is 5.73 Å². The Labute approximate surface area is 117 Å². The topological polar surface area (TPSA) is 38.9 Å². The summed E-state index contributed by atoms with van der Waals surface area (Å²) in [6, 6.07) is 7.88. The van der Waals surface area contributed by atoms with Crippen LogP contribution in [0.3, 0.4) is 0 Å². The molecule has 2 N–H and O–H groups in total. The smallest absolute Gasteiger partial charge is 0.103 e. The summed E-state index contributed by atoms with van der Waals surface area (Å²) in [5.41, 5.74) is 8.69. The highest BCUT2D eigenvalue weighted by Gasteiger charge is 2.12. The third-order valence-electron chi connectivity index (χ3n) is 2.36. The van der Waals surface area contributed by atoms with E-state index in [0.717, 1.165) is 22.7 Å². The van der Waals surface area contributed by atoms with Crippen molar-refractivity contribution in [2.45, 2.75) is 31.3 Å². The fourth-order valence-corrected chi connectivity index (χ4v) is 3.14. The van der Waals surface area contributed by atoms with E-state index in [-0.39, 0.29) is 4.75 Å². The summed E-state index contributed by atoms with van der Waals surface area (Å²) < 4.78 is 0.281. The van der Waals surface area contributed by atoms with Crippen molar-refractivity contribution in [3.05, 3.63) is 34.7 Å². The van der Waals surface area contributed by atoms with Crippen molar-refractivity contribution >= 4 is 28.8 Å². The SMILES string of the molecule is CC(C)(C)SCc1nc(-c2cccc(N)c2)cs1. The quantitative estimate of drug-likeness (QED) is 0.844. The largest absolute Gasteiger partial charge is 0.399 e. The molecule has 0 radical (unpaired) electrons. The van der Waals surface area contributed by atoms with Crippen LogP contribution in [-0.2, 0) is 5.75 Å². The summed E-state index contributed by atoms with van der Waals surface area (Å²) in [6.07, 6.45) is 0. The molecule has 18 heavy (non-hydrogen) atoms. The third-order valence-corrected chi connectivity index (χ3v) is 4.68. The Morgan fingerprint density at radius 3 is 2.78 bits per heavy atom. The molecule has 0 saturated carbocycles. The monoisotopic (exact) mass is 278 g/mol. The van der Waals surface area contributed by atoms with Gasteiger partial charge in [0.05, 0.1) is 5.69 Å². The van der Waals surface area contributed by atoms with E-state index in [4.69, 9.17) is 5.73 Å². The van der Waals surface area contributed by atoms with Crippen LogP contribution >= 0.6 is 23.1 Å². The number of aromatic nitrogens is 1. The molecular formula is C14H18N2S2. The highest BCUT2D eigenvalue weighted by atomic mass is 32.2. The molecule has 0 fully saturated rings. The maximum absolute atomic E-state index is 5.79. The highest BCUT2D eigenvalue weighted by Crippen LogP contribution is 2.30. The van der Waals surface area contributed by atoms with E-state index < -0.39 is 0 Å². The van der Waals surface area contributed by atoms with Crippen LogP contribution in [-0.4, -0.2) is 9.73 Å². The van der Waals surface area contributed by atoms with Gasteiger partial charge in [-0.15, -0.1) is 23.1 Å². The average molecular weight is 278 g/mol. The van der Waals surface area contributed by atoms with Gasteiger partial charge in [0.25, 0.3) is 0 Å². The number of hydrogen-bond donors (Lipinski definition) is 1. The number of hydrogen-bond acceptors (Lipinski definition) is 4. The van der Waals surface area contributed by atoms with E-state index in [1.165, 1.54) is 5.01 Å². The van der Waals surface area contributed by atoms with Crippen molar-refractivity contribution < 1.29 is 0 Å². The Balaban J connectivity index is 2.11. The van der Waals surface area contributed by atoms with Gasteiger partial charge in [-0.05, 0) is 12.1 Å². The van der Waals surface area contributed by atoms with Crippen molar-refractivity contribution in [1.29, 1.82) is 0 Å². The molecule has 0 aliphatic rings. The van der Waals surface area contributed by atoms with Crippen molar-refractivity contribution in [2.24, 2.45) is 0 Å². The second-order valence-corrected chi connectivity index (χ2v) is 7.90. The van der Waals surface area contributed by atoms with Crippen LogP contribution in [0.4, 0.5) is 5.69 Å². The Morgan fingerprint density at radius 2 is 2.11 bits per heavy atom. The fourth-order valence-electron chi connectivity index (χ4n) is 1.49. The maximum Gasteiger partial charge on any atom is 0.103 e. The zero-order chi connectivity index (χ0) is 13.2. The molecule has 2 rings (SSSR count). The molecule has 0 amide bonds. The summed E-state index contributed by atoms with van der Waals surface area (Å²) in [5, 5.41) is 3.28. The minimum atomic E-state index is 0.281. The fraction of sp³-hybridized carbons (Fsp3) is 0.357. The molecule has 0 bridgehead atoms. The third kappa shape index (κ3) is 3.75. The molecule has 2 aromatic rings. The summed E-state index contributed by atoms with van der Waals surface area (Å²) >= 11 is 3.64. The second kappa shape index (κ2) is 5.33. The van der Waals surface area contributed by atoms with E-state index in [1.807, 2.05) is 36.0 Å². The number of thioether (sulfide) groups is 1. The molecule has 1 heterocycles. The Bertz CT molecular complexity index is 527. The van der Waals surface area contributed by atoms with Crippen molar-refractivity contribution in [2.75, 3.05) is 5.73 Å². The second-order valence-electron chi connectivity index (χ2n) is 5.15. The summed E-state index contributed by atoms with van der Waals surface area (Å²) in [6.45, 7) is 6.68. The van der Waals surface area contributed by atoms with Gasteiger partial charge in [-0.3, -0.25) is 0 Å². The van der Waals surface area contributed by atoms with Crippen LogP contribution < -0.4 is 5.73 Å². The van der Waals surface area contributed by atoms with Gasteiger partial charge in [-0.2, -0.15) is 0 Å². The van der Waals surface area contributed by atoms with E-state index in [1.54, 1.807) is 11.3 Å². The standard InChI is InChI=1S/C14H18N2S2/c1-14(2,3)18-9-13-16-12(8-17-13)10-5-4-6-11(15)7-10/h4-8H,9,15H2,1-3H3. The lowest BCUT2D eigenvalue weighted by molar-refractivity contribution is 0.802. The van der Waals surface area contributed by atoms with Crippen LogP contribution in [0, 0.1) is 0 Å². The average Bonchev–Trinajstić information content (AvgIpc) is 2.74. The number of benzene rings is 1. The van der Waals surface area contributed by atoms with Gasteiger partial charge in [0, 0.05) is 27.1 Å². The van der Waals surface area contributed by atoms with E-state index in [2.05, 4.69) is 31.1 Å². The lowest BCUT2D eigenvalue weighted by atomic mass is 10.1. The summed E-state index contributed by atoms with van der Waals surface area (Å²) in [5.74, 6) is 0.969. The maximum atomic E-state index is 5.79. The molecule has 4 heteroatoms. The Hall–Kier alpha value is -1.000. The van der Waals surface area contributed by atoms with Crippen molar-refractivity contribution in [3.63, 3.8) is 0 Å². The first-order chi connectivity index (χ1) is 8.44. The molecule has 0 saturated heterocycles. The number of nitrogens with zero attached hydrogens (tertiary/aromatic N) is 1. The van der Waals surface area contributed by atoms with Gasteiger partial charge in [-0.1, -0.05) is 32.9 Å². The summed E-state index contributed by atoms with van der Waals surface area (Å²) in [4.78, 5) is 4.67. The van der Waals surface area contributed by atoms with Crippen molar-refractivity contribution in [3.8, 4) is 11.3 Å². The Kier molecular flexibility index (Phi) is 3.97. The van der Waals surface area contributed by atoms with Crippen LogP contribution in [0.2, 0.25) is 0 Å². The number of anilines is 1. The van der Waals surface area contributed by atoms with Crippen LogP contribution in [0.1, 0.15) is 25.8 Å². The predicted molar refractivity (Wildman–Crippen MR) is 83.0 cm³/mol. The van der Waals surface area contributed by atoms with E-state index in [9.17, 15) is 0 Å². The first-order valence-corrected chi connectivity index (χ1v) is 7.75. The highest BCUT2D eigenvalue weighted by molar-refractivity contribution is 7.99. The van der Waals surface area contributed by atoms with Gasteiger partial charge >= 0.3 is 0 Å². The number of rotatable bonds is 3. The van der Waals surface area contributed by atoms with Crippen LogP contribution in [0.15, 0.2) is 29.6 Å². The molecule has 0 spiro atoms. The van der Waals surface area contributed by atoms with Crippen LogP contribution in [0.25, 0.3) is 11.3 Å². The predicted octanol–water partition coefficient (Wildman–Crippen LogP) is 4.42. The zero-order valence-corrected chi connectivity index (χ0v) is 12.6.